The highest BCUT2D eigenvalue weighted by molar-refractivity contribution is 6.03. The lowest BCUT2D eigenvalue weighted by Gasteiger charge is -2.19. The molecule has 1 heterocycles. The normalized spacial score (nSPS) is 11.5. The van der Waals surface area contributed by atoms with Gasteiger partial charge in [-0.15, -0.1) is 0 Å². The van der Waals surface area contributed by atoms with Crippen molar-refractivity contribution in [1.29, 1.82) is 0 Å². The number of hydrogen-bond donors (Lipinski definition) is 3. The fraction of sp³-hybridized carbons (Fsp3) is 0.172. The third-order valence-corrected chi connectivity index (χ3v) is 5.82. The summed E-state index contributed by atoms with van der Waals surface area (Å²) in [6.45, 7) is 3.61. The van der Waals surface area contributed by atoms with E-state index in [0.717, 1.165) is 5.56 Å². The molecule has 4 rings (SSSR count). The van der Waals surface area contributed by atoms with Crippen molar-refractivity contribution in [1.82, 2.24) is 10.5 Å². The summed E-state index contributed by atoms with van der Waals surface area (Å²) in [4.78, 5) is 37.8. The van der Waals surface area contributed by atoms with Crippen LogP contribution in [0.2, 0.25) is 0 Å². The number of hydrogen-bond acceptors (Lipinski definition) is 6. The summed E-state index contributed by atoms with van der Waals surface area (Å²) in [5, 5.41) is 12.5. The Balaban J connectivity index is 1.60. The minimum atomic E-state index is -0.850. The van der Waals surface area contributed by atoms with Crippen LogP contribution in [0.1, 0.15) is 24.4 Å². The van der Waals surface area contributed by atoms with Gasteiger partial charge in [-0.2, -0.15) is 0 Å². The van der Waals surface area contributed by atoms with E-state index >= 15 is 0 Å². The predicted molar refractivity (Wildman–Crippen MR) is 145 cm³/mol. The molecule has 3 amide bonds. The minimum absolute atomic E-state index is 0.0230. The van der Waals surface area contributed by atoms with Crippen molar-refractivity contribution in [3.05, 3.63) is 90.7 Å². The topological polar surface area (TPSA) is 123 Å². The van der Waals surface area contributed by atoms with E-state index in [2.05, 4.69) is 21.1 Å². The number of carbonyl (C=O) groups excluding carboxylic acids is 3. The van der Waals surface area contributed by atoms with Gasteiger partial charge in [0.25, 0.3) is 5.91 Å². The Hall–Kier alpha value is -4.92. The third-order valence-electron chi connectivity index (χ3n) is 5.82. The highest BCUT2D eigenvalue weighted by Gasteiger charge is 2.30. The van der Waals surface area contributed by atoms with Gasteiger partial charge in [0.05, 0.1) is 12.7 Å². The molecule has 0 aliphatic rings. The van der Waals surface area contributed by atoms with Crippen LogP contribution < -0.4 is 16.0 Å². The number of aromatic nitrogens is 1. The van der Waals surface area contributed by atoms with Gasteiger partial charge >= 0.3 is 12.0 Å². The van der Waals surface area contributed by atoms with Crippen LogP contribution in [0.3, 0.4) is 0 Å². The molecule has 0 spiro atoms. The van der Waals surface area contributed by atoms with Crippen molar-refractivity contribution in [2.45, 2.75) is 19.9 Å². The molecule has 9 nitrogen and oxygen atoms in total. The van der Waals surface area contributed by atoms with E-state index in [4.69, 9.17) is 9.26 Å². The zero-order valence-electron chi connectivity index (χ0n) is 21.2. The number of benzene rings is 3. The molecule has 0 saturated heterocycles. The summed E-state index contributed by atoms with van der Waals surface area (Å²) >= 11 is 0. The molecule has 0 aliphatic carbocycles. The monoisotopic (exact) mass is 512 g/mol. The average Bonchev–Trinajstić information content (AvgIpc) is 3.38. The van der Waals surface area contributed by atoms with Gasteiger partial charge in [0, 0.05) is 16.9 Å². The van der Waals surface area contributed by atoms with Crippen molar-refractivity contribution in [3.63, 3.8) is 0 Å². The molecule has 4 aromatic rings. The number of rotatable bonds is 8. The Morgan fingerprint density at radius 3 is 1.95 bits per heavy atom. The van der Waals surface area contributed by atoms with Gasteiger partial charge in [-0.3, -0.25) is 4.79 Å². The van der Waals surface area contributed by atoms with Gasteiger partial charge in [-0.25, -0.2) is 9.59 Å². The van der Waals surface area contributed by atoms with Crippen molar-refractivity contribution >= 4 is 29.3 Å². The van der Waals surface area contributed by atoms with Gasteiger partial charge in [0.15, 0.2) is 0 Å². The summed E-state index contributed by atoms with van der Waals surface area (Å²) in [7, 11) is 1.27. The first-order valence-electron chi connectivity index (χ1n) is 12.0. The third kappa shape index (κ3) is 6.07. The number of ether oxygens (including phenoxy) is 1. The second-order valence-electron chi connectivity index (χ2n) is 8.84. The Morgan fingerprint density at radius 2 is 1.37 bits per heavy atom. The van der Waals surface area contributed by atoms with E-state index in [9.17, 15) is 14.4 Å². The molecule has 0 saturated carbocycles. The maximum absolute atomic E-state index is 13.2. The molecular weight excluding hydrogens is 484 g/mol. The second kappa shape index (κ2) is 11.9. The van der Waals surface area contributed by atoms with Crippen LogP contribution in [-0.2, 0) is 9.53 Å². The van der Waals surface area contributed by atoms with E-state index in [-0.39, 0.29) is 17.7 Å². The minimum Gasteiger partial charge on any atom is -0.467 e. The van der Waals surface area contributed by atoms with Crippen LogP contribution in [0.25, 0.3) is 22.4 Å². The van der Waals surface area contributed by atoms with Crippen LogP contribution in [0.4, 0.5) is 16.2 Å². The van der Waals surface area contributed by atoms with Crippen LogP contribution in [0.15, 0.2) is 89.5 Å². The molecular formula is C29H28N4O5. The first kappa shape index (κ1) is 26.2. The lowest BCUT2D eigenvalue weighted by atomic mass is 9.98. The maximum Gasteiger partial charge on any atom is 0.328 e. The molecule has 194 valence electrons. The molecule has 3 aromatic carbocycles. The SMILES string of the molecule is COC(=O)C(NC(=O)c1onc(-c2ccc(NC(=O)Nc3ccccc3)cc2)c1-c1ccccc1)C(C)C. The molecule has 1 unspecified atom stereocenters. The maximum atomic E-state index is 13.2. The lowest BCUT2D eigenvalue weighted by molar-refractivity contribution is -0.144. The van der Waals surface area contributed by atoms with Gasteiger partial charge in [0.1, 0.15) is 11.7 Å². The van der Waals surface area contributed by atoms with Crippen molar-refractivity contribution in [2.24, 2.45) is 5.92 Å². The molecule has 38 heavy (non-hydrogen) atoms. The Morgan fingerprint density at radius 1 is 0.789 bits per heavy atom. The molecule has 0 aliphatic heterocycles. The van der Waals surface area contributed by atoms with Crippen molar-refractivity contribution < 1.29 is 23.6 Å². The fourth-order valence-corrected chi connectivity index (χ4v) is 3.87. The van der Waals surface area contributed by atoms with E-state index in [0.29, 0.717) is 28.2 Å². The lowest BCUT2D eigenvalue weighted by Crippen LogP contribution is -2.45. The quantitative estimate of drug-likeness (QED) is 0.265. The number of anilines is 2. The Kier molecular flexibility index (Phi) is 8.17. The summed E-state index contributed by atoms with van der Waals surface area (Å²) in [6.07, 6.45) is 0. The molecule has 1 aromatic heterocycles. The average molecular weight is 513 g/mol. The number of nitrogens with zero attached hydrogens (tertiary/aromatic N) is 1. The number of methoxy groups -OCH3 is 1. The van der Waals surface area contributed by atoms with E-state index < -0.39 is 17.9 Å². The van der Waals surface area contributed by atoms with E-state index in [1.165, 1.54) is 7.11 Å². The van der Waals surface area contributed by atoms with Crippen LogP contribution >= 0.6 is 0 Å². The van der Waals surface area contributed by atoms with E-state index in [1.54, 1.807) is 36.4 Å². The van der Waals surface area contributed by atoms with Crippen LogP contribution in [0.5, 0.6) is 0 Å². The van der Waals surface area contributed by atoms with Crippen LogP contribution in [-0.4, -0.2) is 36.2 Å². The number of para-hydroxylation sites is 1. The molecule has 0 radical (unpaired) electrons. The zero-order valence-corrected chi connectivity index (χ0v) is 21.2. The second-order valence-corrected chi connectivity index (χ2v) is 8.84. The molecule has 0 bridgehead atoms. The Labute approximate surface area is 220 Å². The first-order valence-corrected chi connectivity index (χ1v) is 12.0. The van der Waals surface area contributed by atoms with Gasteiger partial charge < -0.3 is 25.2 Å². The fourth-order valence-electron chi connectivity index (χ4n) is 3.87. The first-order chi connectivity index (χ1) is 18.4. The number of urea groups is 1. The van der Waals surface area contributed by atoms with E-state index in [1.807, 2.05) is 62.4 Å². The number of esters is 1. The summed E-state index contributed by atoms with van der Waals surface area (Å²) < 4.78 is 10.4. The highest BCUT2D eigenvalue weighted by Crippen LogP contribution is 2.35. The van der Waals surface area contributed by atoms with Gasteiger partial charge in [-0.05, 0) is 35.7 Å². The summed E-state index contributed by atoms with van der Waals surface area (Å²) in [5.74, 6) is -1.35. The number of nitrogens with one attached hydrogen (secondary N) is 3. The highest BCUT2D eigenvalue weighted by atomic mass is 16.5. The zero-order chi connectivity index (χ0) is 27.1. The number of amides is 3. The number of carbonyl (C=O) groups is 3. The standard InChI is InChI=1S/C29H28N4O5/c1-18(2)24(28(35)37-3)32-27(34)26-23(19-10-6-4-7-11-19)25(33-38-26)20-14-16-22(17-15-20)31-29(36)30-21-12-8-5-9-13-21/h4-18,24H,1-3H3,(H,32,34)(H2,30,31,36). The molecule has 9 heteroatoms. The van der Waals surface area contributed by atoms with Crippen LogP contribution in [0, 0.1) is 5.92 Å². The molecule has 1 atom stereocenters. The van der Waals surface area contributed by atoms with Gasteiger partial charge in [0.2, 0.25) is 5.76 Å². The smallest absolute Gasteiger partial charge is 0.328 e. The largest absolute Gasteiger partial charge is 0.467 e. The van der Waals surface area contributed by atoms with Gasteiger partial charge in [-0.1, -0.05) is 79.7 Å². The summed E-state index contributed by atoms with van der Waals surface area (Å²) in [6, 6.07) is 24.1. The molecule has 3 N–H and O–H groups in total. The van der Waals surface area contributed by atoms with Crippen molar-refractivity contribution in [2.75, 3.05) is 17.7 Å². The van der Waals surface area contributed by atoms with Crippen molar-refractivity contribution in [3.8, 4) is 22.4 Å². The molecule has 0 fully saturated rings. The predicted octanol–water partition coefficient (Wildman–Crippen LogP) is 5.58. The Bertz CT molecular complexity index is 1400. The summed E-state index contributed by atoms with van der Waals surface area (Å²) in [5.41, 5.74) is 3.57.